The summed E-state index contributed by atoms with van der Waals surface area (Å²) < 4.78 is 6.11. The number of carbonyl (C=O) groups is 3. The van der Waals surface area contributed by atoms with Crippen LogP contribution in [0.3, 0.4) is 0 Å². The van der Waals surface area contributed by atoms with Crippen LogP contribution in [0.5, 0.6) is 11.5 Å². The van der Waals surface area contributed by atoms with Gasteiger partial charge < -0.3 is 25.2 Å². The molecule has 43 heavy (non-hydrogen) atoms. The Morgan fingerprint density at radius 2 is 1.70 bits per heavy atom. The minimum absolute atomic E-state index is 0.0412. The normalized spacial score (nSPS) is 21.3. The zero-order chi connectivity index (χ0) is 30.7. The van der Waals surface area contributed by atoms with Crippen LogP contribution < -0.4 is 10.1 Å². The SMILES string of the molecule is CCCCN1C(=O)[C@@H]([C@H](O)C2CC=CC2)NC(=O)C12CCN(Cc1ccc(Oc3c(C)cc(C(=O)O)cc3C)cc1)CC2. The van der Waals surface area contributed by atoms with Crippen molar-refractivity contribution in [3.05, 3.63) is 70.8 Å². The van der Waals surface area contributed by atoms with Gasteiger partial charge in [-0.3, -0.25) is 14.5 Å². The number of carbonyl (C=O) groups excluding carboxylic acids is 2. The summed E-state index contributed by atoms with van der Waals surface area (Å²) in [6.45, 7) is 8.34. The Morgan fingerprint density at radius 1 is 1.07 bits per heavy atom. The van der Waals surface area contributed by atoms with Crippen molar-refractivity contribution < 1.29 is 29.3 Å². The molecule has 2 aliphatic heterocycles. The summed E-state index contributed by atoms with van der Waals surface area (Å²) >= 11 is 0. The average Bonchev–Trinajstić information content (AvgIpc) is 3.53. The van der Waals surface area contributed by atoms with Crippen LogP contribution in [0, 0.1) is 19.8 Å². The van der Waals surface area contributed by atoms with Gasteiger partial charge in [0, 0.05) is 26.2 Å². The Hall–Kier alpha value is -3.69. The van der Waals surface area contributed by atoms with E-state index in [2.05, 4.69) is 17.1 Å². The molecule has 3 N–H and O–H groups in total. The number of rotatable bonds is 10. The number of benzene rings is 2. The van der Waals surface area contributed by atoms with E-state index in [0.717, 1.165) is 42.4 Å². The molecule has 9 heteroatoms. The highest BCUT2D eigenvalue weighted by Crippen LogP contribution is 2.36. The molecule has 2 heterocycles. The maximum atomic E-state index is 13.8. The first-order valence-corrected chi connectivity index (χ1v) is 15.4. The first kappa shape index (κ1) is 30.8. The Bertz CT molecular complexity index is 1350. The summed E-state index contributed by atoms with van der Waals surface area (Å²) in [7, 11) is 0. The molecule has 9 nitrogen and oxygen atoms in total. The Labute approximate surface area is 253 Å². The summed E-state index contributed by atoms with van der Waals surface area (Å²) in [5, 5.41) is 23.3. The van der Waals surface area contributed by atoms with Crippen LogP contribution in [0.25, 0.3) is 0 Å². The molecule has 0 saturated carbocycles. The highest BCUT2D eigenvalue weighted by Gasteiger charge is 2.55. The molecular weight excluding hydrogens is 546 g/mol. The third-order valence-electron chi connectivity index (χ3n) is 9.30. The van der Waals surface area contributed by atoms with Crippen LogP contribution in [0.2, 0.25) is 0 Å². The molecule has 2 saturated heterocycles. The Morgan fingerprint density at radius 3 is 2.28 bits per heavy atom. The second kappa shape index (κ2) is 12.9. The molecule has 230 valence electrons. The van der Waals surface area contributed by atoms with Crippen molar-refractivity contribution in [3.8, 4) is 11.5 Å². The van der Waals surface area contributed by atoms with Crippen molar-refractivity contribution in [2.45, 2.75) is 83.5 Å². The van der Waals surface area contributed by atoms with E-state index in [1.54, 1.807) is 17.0 Å². The first-order valence-electron chi connectivity index (χ1n) is 15.4. The second-order valence-corrected chi connectivity index (χ2v) is 12.3. The Kier molecular flexibility index (Phi) is 9.22. The minimum Gasteiger partial charge on any atom is -0.478 e. The van der Waals surface area contributed by atoms with Gasteiger partial charge in [-0.1, -0.05) is 37.6 Å². The lowest BCUT2D eigenvalue weighted by atomic mass is 9.79. The van der Waals surface area contributed by atoms with E-state index in [-0.39, 0.29) is 23.3 Å². The molecule has 3 aliphatic rings. The number of ether oxygens (including phenoxy) is 1. The average molecular weight is 590 g/mol. The molecule has 2 aromatic rings. The third-order valence-corrected chi connectivity index (χ3v) is 9.30. The van der Waals surface area contributed by atoms with Gasteiger partial charge >= 0.3 is 5.97 Å². The largest absolute Gasteiger partial charge is 0.478 e. The molecule has 2 amide bonds. The molecule has 2 aromatic carbocycles. The summed E-state index contributed by atoms with van der Waals surface area (Å²) in [6, 6.07) is 10.2. The van der Waals surface area contributed by atoms with Crippen molar-refractivity contribution in [3.63, 3.8) is 0 Å². The van der Waals surface area contributed by atoms with Crippen LogP contribution in [0.15, 0.2) is 48.6 Å². The lowest BCUT2D eigenvalue weighted by Gasteiger charge is -2.52. The van der Waals surface area contributed by atoms with Gasteiger partial charge in [0.15, 0.2) is 0 Å². The number of unbranched alkanes of at least 4 members (excludes halogenated alkanes) is 1. The van der Waals surface area contributed by atoms with Crippen molar-refractivity contribution >= 4 is 17.8 Å². The predicted molar refractivity (Wildman–Crippen MR) is 163 cm³/mol. The number of aliphatic hydroxyl groups is 1. The molecule has 1 aliphatic carbocycles. The topological polar surface area (TPSA) is 119 Å². The number of nitrogens with one attached hydrogen (secondary N) is 1. The summed E-state index contributed by atoms with van der Waals surface area (Å²) in [4.78, 5) is 42.9. The van der Waals surface area contributed by atoms with Gasteiger partial charge in [0.1, 0.15) is 23.1 Å². The molecule has 0 bridgehead atoms. The number of hydrogen-bond donors (Lipinski definition) is 3. The fraction of sp³-hybridized carbons (Fsp3) is 0.500. The van der Waals surface area contributed by atoms with Crippen molar-refractivity contribution in [2.24, 2.45) is 5.92 Å². The van der Waals surface area contributed by atoms with E-state index in [4.69, 9.17) is 4.74 Å². The van der Waals surface area contributed by atoms with Gasteiger partial charge in [-0.2, -0.15) is 0 Å². The maximum Gasteiger partial charge on any atom is 0.335 e. The zero-order valence-electron chi connectivity index (χ0n) is 25.3. The number of amides is 2. The quantitative estimate of drug-likeness (QED) is 0.347. The number of carboxylic acid groups (broad SMARTS) is 1. The smallest absolute Gasteiger partial charge is 0.335 e. The fourth-order valence-electron chi connectivity index (χ4n) is 6.75. The molecule has 0 radical (unpaired) electrons. The van der Waals surface area contributed by atoms with Gasteiger partial charge in [0.05, 0.1) is 11.7 Å². The van der Waals surface area contributed by atoms with Crippen LogP contribution in [-0.4, -0.2) is 75.1 Å². The number of piperidine rings is 1. The van der Waals surface area contributed by atoms with Crippen molar-refractivity contribution in [2.75, 3.05) is 19.6 Å². The van der Waals surface area contributed by atoms with Crippen molar-refractivity contribution in [1.82, 2.24) is 15.1 Å². The van der Waals surface area contributed by atoms with Crippen LogP contribution in [0.4, 0.5) is 0 Å². The summed E-state index contributed by atoms with van der Waals surface area (Å²) in [6.07, 6.45) is 7.44. The van der Waals surface area contributed by atoms with Gasteiger partial charge in [0.2, 0.25) is 11.8 Å². The number of piperazine rings is 1. The number of nitrogens with zero attached hydrogens (tertiary/aromatic N) is 2. The molecule has 2 atom stereocenters. The minimum atomic E-state index is -0.963. The highest BCUT2D eigenvalue weighted by atomic mass is 16.5. The number of aryl methyl sites for hydroxylation is 2. The molecule has 0 unspecified atom stereocenters. The molecule has 0 aromatic heterocycles. The molecular formula is C34H43N3O6. The van der Waals surface area contributed by atoms with Crippen LogP contribution in [0.1, 0.15) is 72.5 Å². The van der Waals surface area contributed by atoms with Crippen LogP contribution >= 0.6 is 0 Å². The predicted octanol–water partition coefficient (Wildman–Crippen LogP) is 4.58. The second-order valence-electron chi connectivity index (χ2n) is 12.3. The number of allylic oxidation sites excluding steroid dienone is 2. The molecule has 2 fully saturated rings. The summed E-state index contributed by atoms with van der Waals surface area (Å²) in [5.41, 5.74) is 2.00. The van der Waals surface area contributed by atoms with E-state index >= 15 is 0 Å². The number of aromatic carboxylic acids is 1. The van der Waals surface area contributed by atoms with Gasteiger partial charge in [0.25, 0.3) is 0 Å². The van der Waals surface area contributed by atoms with Gasteiger partial charge in [-0.05, 0) is 92.8 Å². The van der Waals surface area contributed by atoms with E-state index < -0.39 is 23.7 Å². The maximum absolute atomic E-state index is 13.8. The first-order chi connectivity index (χ1) is 20.6. The van der Waals surface area contributed by atoms with Gasteiger partial charge in [-0.15, -0.1) is 0 Å². The molecule has 1 spiro atoms. The van der Waals surface area contributed by atoms with Crippen LogP contribution in [-0.2, 0) is 16.1 Å². The number of hydrogen-bond acceptors (Lipinski definition) is 6. The lowest BCUT2D eigenvalue weighted by Crippen LogP contribution is -2.75. The van der Waals surface area contributed by atoms with Crippen molar-refractivity contribution in [1.29, 1.82) is 0 Å². The number of aliphatic hydroxyl groups excluding tert-OH is 1. The zero-order valence-corrected chi connectivity index (χ0v) is 25.3. The fourth-order valence-corrected chi connectivity index (χ4v) is 6.75. The Balaban J connectivity index is 1.22. The highest BCUT2D eigenvalue weighted by molar-refractivity contribution is 6.00. The van der Waals surface area contributed by atoms with E-state index in [1.807, 2.05) is 50.3 Å². The number of carboxylic acids is 1. The third kappa shape index (κ3) is 6.33. The molecule has 5 rings (SSSR count). The standard InChI is InChI=1S/C34H43N3O6/c1-4-5-16-37-31(39)28(29(38)25-8-6-7-9-25)35-33(42)34(37)14-17-36(18-15-34)21-24-10-12-27(13-11-24)43-30-22(2)19-26(32(40)41)20-23(30)3/h6-7,10-13,19-20,25,28-29,38H,4-5,8-9,14-18,21H2,1-3H3,(H,35,42)(H,40,41)/t28-,29-/m1/s1. The van der Waals surface area contributed by atoms with E-state index in [1.165, 1.54) is 0 Å². The monoisotopic (exact) mass is 589 g/mol. The summed E-state index contributed by atoms with van der Waals surface area (Å²) in [5.74, 6) is 0.0305. The number of likely N-dealkylation sites (tertiary alicyclic amines) is 1. The van der Waals surface area contributed by atoms with E-state index in [9.17, 15) is 24.6 Å². The van der Waals surface area contributed by atoms with Gasteiger partial charge in [-0.25, -0.2) is 4.79 Å². The van der Waals surface area contributed by atoms with E-state index in [0.29, 0.717) is 50.5 Å². The lowest BCUT2D eigenvalue weighted by molar-refractivity contribution is -0.165.